The van der Waals surface area contributed by atoms with Gasteiger partial charge in [0.25, 0.3) is 0 Å². The van der Waals surface area contributed by atoms with Crippen molar-refractivity contribution in [2.24, 2.45) is 0 Å². The molecule has 0 aliphatic carbocycles. The maximum absolute atomic E-state index is 9.77. The van der Waals surface area contributed by atoms with Crippen molar-refractivity contribution in [2.75, 3.05) is 7.11 Å². The summed E-state index contributed by atoms with van der Waals surface area (Å²) in [5.74, 6) is 2.24. The molecule has 0 saturated heterocycles. The third-order valence-corrected chi connectivity index (χ3v) is 5.94. The lowest BCUT2D eigenvalue weighted by Gasteiger charge is -2.24. The highest BCUT2D eigenvalue weighted by molar-refractivity contribution is 5.65. The highest BCUT2D eigenvalue weighted by Gasteiger charge is 2.26. The van der Waals surface area contributed by atoms with Gasteiger partial charge in [0.15, 0.2) is 5.82 Å². The normalized spacial score (nSPS) is 15.7. The molecule has 0 fully saturated rings. The van der Waals surface area contributed by atoms with Crippen LogP contribution in [0, 0.1) is 6.92 Å². The first-order valence-corrected chi connectivity index (χ1v) is 11.0. The van der Waals surface area contributed by atoms with Crippen LogP contribution < -0.4 is 4.74 Å². The van der Waals surface area contributed by atoms with Crippen molar-refractivity contribution in [3.05, 3.63) is 83.1 Å². The predicted octanol–water partition coefficient (Wildman–Crippen LogP) is 3.76. The van der Waals surface area contributed by atoms with E-state index in [-0.39, 0.29) is 12.5 Å². The summed E-state index contributed by atoms with van der Waals surface area (Å²) in [6.45, 7) is 2.81. The lowest BCUT2D eigenvalue weighted by atomic mass is 9.88. The Kier molecular flexibility index (Phi) is 5.75. The second-order valence-electron chi connectivity index (χ2n) is 8.12. The summed E-state index contributed by atoms with van der Waals surface area (Å²) in [5, 5.41) is 14.5. The van der Waals surface area contributed by atoms with Gasteiger partial charge in [-0.3, -0.25) is 0 Å². The highest BCUT2D eigenvalue weighted by Crippen LogP contribution is 2.34. The molecule has 0 saturated carbocycles. The molecule has 33 heavy (non-hydrogen) atoms. The van der Waals surface area contributed by atoms with E-state index < -0.39 is 0 Å². The maximum atomic E-state index is 9.77. The summed E-state index contributed by atoms with van der Waals surface area (Å²) >= 11 is 0. The number of aryl methyl sites for hydroxylation is 2. The van der Waals surface area contributed by atoms with E-state index in [9.17, 15) is 5.11 Å². The molecule has 0 unspecified atom stereocenters. The molecular formula is C25H26N6O2. The summed E-state index contributed by atoms with van der Waals surface area (Å²) in [5.41, 5.74) is 4.58. The number of imidazole rings is 1. The maximum Gasteiger partial charge on any atom is 0.238 e. The van der Waals surface area contributed by atoms with E-state index in [0.717, 1.165) is 53.4 Å². The van der Waals surface area contributed by atoms with Crippen LogP contribution in [-0.4, -0.2) is 41.5 Å². The number of hydrogen-bond donors (Lipinski definition) is 1. The van der Waals surface area contributed by atoms with Crippen LogP contribution in [0.4, 0.5) is 0 Å². The zero-order valence-electron chi connectivity index (χ0n) is 18.7. The molecule has 0 radical (unpaired) electrons. The van der Waals surface area contributed by atoms with Crippen LogP contribution in [0.3, 0.4) is 0 Å². The summed E-state index contributed by atoms with van der Waals surface area (Å²) in [6, 6.07) is 11.9. The van der Waals surface area contributed by atoms with E-state index in [2.05, 4.69) is 16.0 Å². The number of ether oxygens (including phenoxy) is 1. The van der Waals surface area contributed by atoms with Gasteiger partial charge in [0.1, 0.15) is 11.5 Å². The van der Waals surface area contributed by atoms with Gasteiger partial charge < -0.3 is 14.4 Å². The number of benzene rings is 1. The number of fused-ring (bicyclic) bond motifs is 1. The van der Waals surface area contributed by atoms with E-state index in [4.69, 9.17) is 14.8 Å². The topological polar surface area (TPSA) is 90.9 Å². The Morgan fingerprint density at radius 3 is 2.82 bits per heavy atom. The molecule has 0 amide bonds. The van der Waals surface area contributed by atoms with Crippen molar-refractivity contribution in [1.29, 1.82) is 0 Å². The molecule has 1 N–H and O–H groups in total. The van der Waals surface area contributed by atoms with E-state index in [1.807, 2.05) is 64.9 Å². The van der Waals surface area contributed by atoms with Gasteiger partial charge in [-0.2, -0.15) is 5.10 Å². The van der Waals surface area contributed by atoms with Crippen molar-refractivity contribution in [3.8, 4) is 11.6 Å². The molecule has 4 heterocycles. The molecule has 1 atom stereocenters. The van der Waals surface area contributed by atoms with Crippen molar-refractivity contribution in [1.82, 2.24) is 29.3 Å². The quantitative estimate of drug-likeness (QED) is 0.489. The van der Waals surface area contributed by atoms with Crippen molar-refractivity contribution < 1.29 is 9.84 Å². The molecule has 8 heteroatoms. The molecule has 1 aliphatic heterocycles. The van der Waals surface area contributed by atoms with Crippen LogP contribution in [0.25, 0.3) is 17.8 Å². The molecule has 4 aromatic rings. The third kappa shape index (κ3) is 4.17. The number of rotatable bonds is 6. The Labute approximate surface area is 192 Å². The van der Waals surface area contributed by atoms with E-state index >= 15 is 0 Å². The zero-order chi connectivity index (χ0) is 22.8. The van der Waals surface area contributed by atoms with E-state index in [0.29, 0.717) is 11.7 Å². The average molecular weight is 443 g/mol. The number of aliphatic hydroxyl groups excluding tert-OH is 1. The van der Waals surface area contributed by atoms with Crippen LogP contribution in [0.5, 0.6) is 5.88 Å². The fourth-order valence-corrected chi connectivity index (χ4v) is 4.35. The Hall–Kier alpha value is -3.78. The molecule has 1 aromatic carbocycles. The molecule has 0 spiro atoms. The van der Waals surface area contributed by atoms with Gasteiger partial charge in [-0.05, 0) is 55.2 Å². The van der Waals surface area contributed by atoms with Gasteiger partial charge in [-0.25, -0.2) is 19.6 Å². The minimum atomic E-state index is 0.0235. The minimum Gasteiger partial charge on any atom is -0.479 e. The standard InChI is InChI=1S/C25H26N6O2/c1-17-14-30(16-26-17)22-11-9-19(27-25(22)33-2)10-12-23-28-24-21(8-5-13-31(24)29-23)20-7-4-3-6-18(20)15-32/h3-4,6-7,9-12,14,16,21,32H,5,8,13,15H2,1-2H3/b12-10+/t21-/m0/s1. The summed E-state index contributed by atoms with van der Waals surface area (Å²) < 4.78 is 9.38. The monoisotopic (exact) mass is 442 g/mol. The van der Waals surface area contributed by atoms with Crippen LogP contribution in [0.1, 0.15) is 52.9 Å². The number of aliphatic hydroxyl groups is 1. The van der Waals surface area contributed by atoms with Gasteiger partial charge >= 0.3 is 0 Å². The van der Waals surface area contributed by atoms with E-state index in [1.54, 1.807) is 13.4 Å². The van der Waals surface area contributed by atoms with E-state index in [1.165, 1.54) is 0 Å². The molecule has 168 valence electrons. The van der Waals surface area contributed by atoms with Crippen LogP contribution >= 0.6 is 0 Å². The van der Waals surface area contributed by atoms with Crippen LogP contribution in [-0.2, 0) is 13.2 Å². The largest absolute Gasteiger partial charge is 0.479 e. The third-order valence-electron chi connectivity index (χ3n) is 5.94. The first-order valence-electron chi connectivity index (χ1n) is 11.0. The van der Waals surface area contributed by atoms with Gasteiger partial charge in [0, 0.05) is 18.7 Å². The SMILES string of the molecule is COc1nc(/C=C/c2nc3n(n2)CCC[C@H]3c2ccccc2CO)ccc1-n1cnc(C)c1. The summed E-state index contributed by atoms with van der Waals surface area (Å²) in [6.07, 6.45) is 9.46. The van der Waals surface area contributed by atoms with Crippen molar-refractivity contribution >= 4 is 12.2 Å². The summed E-state index contributed by atoms with van der Waals surface area (Å²) in [7, 11) is 1.61. The van der Waals surface area contributed by atoms with Gasteiger partial charge in [0.05, 0.1) is 31.4 Å². The smallest absolute Gasteiger partial charge is 0.238 e. The average Bonchev–Trinajstić information content (AvgIpc) is 3.48. The number of hydrogen-bond acceptors (Lipinski definition) is 6. The van der Waals surface area contributed by atoms with Gasteiger partial charge in [-0.1, -0.05) is 24.3 Å². The Morgan fingerprint density at radius 1 is 1.15 bits per heavy atom. The fourth-order valence-electron chi connectivity index (χ4n) is 4.35. The molecule has 0 bridgehead atoms. The van der Waals surface area contributed by atoms with Gasteiger partial charge in [-0.15, -0.1) is 0 Å². The predicted molar refractivity (Wildman–Crippen MR) is 125 cm³/mol. The summed E-state index contributed by atoms with van der Waals surface area (Å²) in [4.78, 5) is 13.7. The minimum absolute atomic E-state index is 0.0235. The molecule has 5 rings (SSSR count). The number of aromatic nitrogens is 6. The van der Waals surface area contributed by atoms with Gasteiger partial charge in [0.2, 0.25) is 5.88 Å². The Bertz CT molecular complexity index is 1310. The number of pyridine rings is 1. The Balaban J connectivity index is 1.42. The molecular weight excluding hydrogens is 416 g/mol. The Morgan fingerprint density at radius 2 is 2.03 bits per heavy atom. The lowest BCUT2D eigenvalue weighted by Crippen LogP contribution is -2.19. The molecule has 3 aromatic heterocycles. The molecule has 8 nitrogen and oxygen atoms in total. The fraction of sp³-hybridized carbons (Fsp3) is 0.280. The zero-order valence-corrected chi connectivity index (χ0v) is 18.7. The second-order valence-corrected chi connectivity index (χ2v) is 8.12. The highest BCUT2D eigenvalue weighted by atomic mass is 16.5. The first-order chi connectivity index (χ1) is 16.2. The molecule has 1 aliphatic rings. The number of nitrogens with zero attached hydrogens (tertiary/aromatic N) is 6. The second kappa shape index (κ2) is 8.99. The van der Waals surface area contributed by atoms with Crippen LogP contribution in [0.15, 0.2) is 48.9 Å². The van der Waals surface area contributed by atoms with Crippen molar-refractivity contribution in [3.63, 3.8) is 0 Å². The lowest BCUT2D eigenvalue weighted by molar-refractivity contribution is 0.279. The first kappa shape index (κ1) is 21.1. The van der Waals surface area contributed by atoms with Crippen LogP contribution in [0.2, 0.25) is 0 Å². The number of methoxy groups -OCH3 is 1. The van der Waals surface area contributed by atoms with Crippen molar-refractivity contribution in [2.45, 2.75) is 38.8 Å².